The summed E-state index contributed by atoms with van der Waals surface area (Å²) in [5.74, 6) is 0.724. The first-order valence-electron chi connectivity index (χ1n) is 5.74. The third-order valence-corrected chi connectivity index (χ3v) is 2.69. The number of benzene rings is 1. The molecule has 1 unspecified atom stereocenters. The van der Waals surface area contributed by atoms with Crippen molar-refractivity contribution < 1.29 is 14.3 Å². The third-order valence-electron chi connectivity index (χ3n) is 2.69. The van der Waals surface area contributed by atoms with E-state index in [0.717, 1.165) is 22.9 Å². The molecule has 0 aliphatic heterocycles. The van der Waals surface area contributed by atoms with Gasteiger partial charge in [0.2, 0.25) is 0 Å². The lowest BCUT2D eigenvalue weighted by molar-refractivity contribution is 0.0717. The van der Waals surface area contributed by atoms with Crippen molar-refractivity contribution in [2.45, 2.75) is 13.0 Å². The molecule has 0 amide bonds. The fraction of sp³-hybridized carbons (Fsp3) is 0.286. The van der Waals surface area contributed by atoms with Crippen molar-refractivity contribution >= 4 is 17.2 Å². The van der Waals surface area contributed by atoms with Gasteiger partial charge in [-0.2, -0.15) is 0 Å². The summed E-state index contributed by atoms with van der Waals surface area (Å²) in [5.41, 5.74) is 1.17. The summed E-state index contributed by atoms with van der Waals surface area (Å²) in [5, 5.41) is 0.979. The quantitative estimate of drug-likeness (QED) is 0.759. The highest BCUT2D eigenvalue weighted by atomic mass is 16.5. The van der Waals surface area contributed by atoms with E-state index in [4.69, 9.17) is 9.47 Å². The number of methoxy groups -OCH3 is 1. The highest BCUT2D eigenvalue weighted by Gasteiger charge is 2.03. The Kier molecular flexibility index (Phi) is 3.89. The zero-order chi connectivity index (χ0) is 13.0. The second-order valence-electron chi connectivity index (χ2n) is 4.07. The van der Waals surface area contributed by atoms with Gasteiger partial charge in [-0.05, 0) is 25.1 Å². The number of rotatable bonds is 5. The fourth-order valence-corrected chi connectivity index (χ4v) is 1.55. The van der Waals surface area contributed by atoms with Crippen LogP contribution in [0.15, 0.2) is 30.3 Å². The van der Waals surface area contributed by atoms with E-state index in [1.165, 1.54) is 0 Å². The topological polar surface area (TPSA) is 48.4 Å². The smallest absolute Gasteiger partial charge is 0.168 e. The molecule has 4 nitrogen and oxygen atoms in total. The summed E-state index contributed by atoms with van der Waals surface area (Å²) in [6.07, 6.45) is 0.773. The summed E-state index contributed by atoms with van der Waals surface area (Å²) in [6, 6.07) is 9.19. The van der Waals surface area contributed by atoms with E-state index in [1.54, 1.807) is 13.2 Å². The van der Waals surface area contributed by atoms with Crippen LogP contribution in [-0.4, -0.2) is 31.1 Å². The lowest BCUT2D eigenvalue weighted by Gasteiger charge is -2.11. The Balaban J connectivity index is 2.22. The standard InChI is InChI=1S/C14H15NO3/c1-10(17-2)9-18-13-6-4-11-3-5-12(8-16)15-14(11)7-13/h3-8,10H,9H2,1-2H3. The highest BCUT2D eigenvalue weighted by molar-refractivity contribution is 5.84. The minimum absolute atomic E-state index is 0.0370. The van der Waals surface area contributed by atoms with Crippen LogP contribution in [-0.2, 0) is 4.74 Å². The Bertz CT molecular complexity index is 554. The van der Waals surface area contributed by atoms with E-state index in [-0.39, 0.29) is 6.10 Å². The molecule has 94 valence electrons. The summed E-state index contributed by atoms with van der Waals surface area (Å²) >= 11 is 0. The molecule has 0 radical (unpaired) electrons. The Morgan fingerprint density at radius 1 is 1.33 bits per heavy atom. The number of pyridine rings is 1. The largest absolute Gasteiger partial charge is 0.491 e. The molecule has 0 N–H and O–H groups in total. The van der Waals surface area contributed by atoms with Crippen LogP contribution < -0.4 is 4.74 Å². The van der Waals surface area contributed by atoms with Gasteiger partial charge in [0.05, 0.1) is 11.6 Å². The third kappa shape index (κ3) is 2.84. The van der Waals surface area contributed by atoms with Crippen molar-refractivity contribution in [3.63, 3.8) is 0 Å². The summed E-state index contributed by atoms with van der Waals surface area (Å²) in [4.78, 5) is 14.9. The van der Waals surface area contributed by atoms with Crippen LogP contribution in [0, 0.1) is 0 Å². The molecule has 18 heavy (non-hydrogen) atoms. The van der Waals surface area contributed by atoms with Crippen LogP contribution in [0.4, 0.5) is 0 Å². The van der Waals surface area contributed by atoms with Gasteiger partial charge in [0.15, 0.2) is 6.29 Å². The zero-order valence-electron chi connectivity index (χ0n) is 10.4. The van der Waals surface area contributed by atoms with E-state index in [2.05, 4.69) is 4.98 Å². The Hall–Kier alpha value is -1.94. The van der Waals surface area contributed by atoms with Crippen molar-refractivity contribution in [1.82, 2.24) is 4.98 Å². The molecule has 4 heteroatoms. The number of aromatic nitrogens is 1. The first-order valence-corrected chi connectivity index (χ1v) is 5.74. The molecule has 0 saturated heterocycles. The molecule has 0 fully saturated rings. The predicted molar refractivity (Wildman–Crippen MR) is 69.1 cm³/mol. The molecule has 1 atom stereocenters. The first kappa shape index (κ1) is 12.5. The lowest BCUT2D eigenvalue weighted by atomic mass is 10.2. The zero-order valence-corrected chi connectivity index (χ0v) is 10.4. The molecule has 0 aliphatic carbocycles. The molecule has 0 saturated carbocycles. The molecular formula is C14H15NO3. The molecule has 1 aromatic heterocycles. The minimum Gasteiger partial charge on any atom is -0.491 e. The summed E-state index contributed by atoms with van der Waals surface area (Å²) < 4.78 is 10.7. The molecule has 1 aromatic carbocycles. The van der Waals surface area contributed by atoms with E-state index >= 15 is 0 Å². The summed E-state index contributed by atoms with van der Waals surface area (Å²) in [6.45, 7) is 2.42. The van der Waals surface area contributed by atoms with Gasteiger partial charge in [0.25, 0.3) is 0 Å². The van der Waals surface area contributed by atoms with Gasteiger partial charge in [0, 0.05) is 18.6 Å². The summed E-state index contributed by atoms with van der Waals surface area (Å²) in [7, 11) is 1.65. The number of nitrogens with zero attached hydrogens (tertiary/aromatic N) is 1. The second kappa shape index (κ2) is 5.60. The Morgan fingerprint density at radius 2 is 2.11 bits per heavy atom. The predicted octanol–water partition coefficient (Wildman–Crippen LogP) is 2.46. The normalized spacial score (nSPS) is 12.3. The van der Waals surface area contributed by atoms with E-state index in [0.29, 0.717) is 12.3 Å². The Morgan fingerprint density at radius 3 is 2.83 bits per heavy atom. The van der Waals surface area contributed by atoms with Gasteiger partial charge >= 0.3 is 0 Å². The van der Waals surface area contributed by atoms with Crippen molar-refractivity contribution in [3.8, 4) is 5.75 Å². The molecule has 0 aliphatic rings. The minimum atomic E-state index is 0.0370. The lowest BCUT2D eigenvalue weighted by Crippen LogP contribution is -2.15. The number of fused-ring (bicyclic) bond motifs is 1. The van der Waals surface area contributed by atoms with Crippen LogP contribution in [0.2, 0.25) is 0 Å². The van der Waals surface area contributed by atoms with Crippen molar-refractivity contribution in [1.29, 1.82) is 0 Å². The van der Waals surface area contributed by atoms with Crippen LogP contribution in [0.1, 0.15) is 17.4 Å². The van der Waals surface area contributed by atoms with E-state index in [1.807, 2.05) is 31.2 Å². The fourth-order valence-electron chi connectivity index (χ4n) is 1.55. The maximum absolute atomic E-state index is 10.7. The van der Waals surface area contributed by atoms with Crippen molar-refractivity contribution in [2.24, 2.45) is 0 Å². The van der Waals surface area contributed by atoms with Crippen LogP contribution >= 0.6 is 0 Å². The number of hydrogen-bond donors (Lipinski definition) is 0. The van der Waals surface area contributed by atoms with Crippen molar-refractivity contribution in [2.75, 3.05) is 13.7 Å². The van der Waals surface area contributed by atoms with Gasteiger partial charge in [0.1, 0.15) is 18.1 Å². The highest BCUT2D eigenvalue weighted by Crippen LogP contribution is 2.19. The Labute approximate surface area is 106 Å². The van der Waals surface area contributed by atoms with E-state index in [9.17, 15) is 4.79 Å². The second-order valence-corrected chi connectivity index (χ2v) is 4.07. The molecule has 1 heterocycles. The van der Waals surface area contributed by atoms with Crippen LogP contribution in [0.3, 0.4) is 0 Å². The number of aldehydes is 1. The van der Waals surface area contributed by atoms with Gasteiger partial charge in [-0.15, -0.1) is 0 Å². The SMILES string of the molecule is COC(C)COc1ccc2ccc(C=O)nc2c1. The van der Waals surface area contributed by atoms with Gasteiger partial charge in [-0.1, -0.05) is 6.07 Å². The molecule has 0 spiro atoms. The maximum atomic E-state index is 10.7. The number of carbonyl (C=O) groups excluding carboxylic acids is 1. The molecular weight excluding hydrogens is 230 g/mol. The van der Waals surface area contributed by atoms with Gasteiger partial charge in [-0.25, -0.2) is 4.98 Å². The number of carbonyl (C=O) groups is 1. The molecule has 2 aromatic rings. The number of hydrogen-bond acceptors (Lipinski definition) is 4. The average molecular weight is 245 g/mol. The van der Waals surface area contributed by atoms with Crippen LogP contribution in [0.25, 0.3) is 10.9 Å². The maximum Gasteiger partial charge on any atom is 0.168 e. The number of ether oxygens (including phenoxy) is 2. The molecule has 2 rings (SSSR count). The monoisotopic (exact) mass is 245 g/mol. The van der Waals surface area contributed by atoms with Gasteiger partial charge in [-0.3, -0.25) is 4.79 Å². The van der Waals surface area contributed by atoms with Gasteiger partial charge < -0.3 is 9.47 Å². The first-order chi connectivity index (χ1) is 8.72. The van der Waals surface area contributed by atoms with E-state index < -0.39 is 0 Å². The molecule has 0 bridgehead atoms. The van der Waals surface area contributed by atoms with Crippen LogP contribution in [0.5, 0.6) is 5.75 Å². The average Bonchev–Trinajstić information content (AvgIpc) is 2.43. The van der Waals surface area contributed by atoms with Crippen molar-refractivity contribution in [3.05, 3.63) is 36.0 Å².